The second kappa shape index (κ2) is 7.41. The molecule has 1 aliphatic carbocycles. The van der Waals surface area contributed by atoms with Crippen molar-refractivity contribution in [1.82, 2.24) is 5.32 Å². The van der Waals surface area contributed by atoms with Crippen molar-refractivity contribution in [2.75, 3.05) is 18.4 Å². The molecule has 0 heterocycles. The highest BCUT2D eigenvalue weighted by molar-refractivity contribution is 5.92. The van der Waals surface area contributed by atoms with Crippen LogP contribution in [0.5, 0.6) is 0 Å². The van der Waals surface area contributed by atoms with E-state index in [1.165, 1.54) is 6.42 Å². The van der Waals surface area contributed by atoms with Crippen molar-refractivity contribution in [2.24, 2.45) is 5.92 Å². The monoisotopic (exact) mass is 276 g/mol. The molecule has 2 atom stereocenters. The molecule has 1 saturated carbocycles. The zero-order chi connectivity index (χ0) is 14.4. The normalized spacial score (nSPS) is 22.5. The smallest absolute Gasteiger partial charge is 0.238 e. The van der Waals surface area contributed by atoms with Crippen molar-refractivity contribution in [1.29, 1.82) is 0 Å². The largest absolute Gasteiger partial charge is 0.393 e. The summed E-state index contributed by atoms with van der Waals surface area (Å²) in [6.45, 7) is 2.97. The Labute approximate surface area is 120 Å². The molecule has 0 aromatic heterocycles. The number of amides is 1. The fourth-order valence-electron chi connectivity index (χ4n) is 2.70. The lowest BCUT2D eigenvalue weighted by Gasteiger charge is -2.27. The molecule has 110 valence electrons. The van der Waals surface area contributed by atoms with Crippen LogP contribution in [0.4, 0.5) is 5.69 Å². The van der Waals surface area contributed by atoms with E-state index in [2.05, 4.69) is 10.6 Å². The van der Waals surface area contributed by atoms with E-state index in [4.69, 9.17) is 0 Å². The Balaban J connectivity index is 1.71. The SMILES string of the molecule is Cc1ccccc1NC(=O)CNCC1CCCCC1O. The zero-order valence-electron chi connectivity index (χ0n) is 12.1. The van der Waals surface area contributed by atoms with Gasteiger partial charge in [0, 0.05) is 12.2 Å². The van der Waals surface area contributed by atoms with Crippen LogP contribution in [0.3, 0.4) is 0 Å². The topological polar surface area (TPSA) is 61.4 Å². The molecule has 2 unspecified atom stereocenters. The van der Waals surface area contributed by atoms with E-state index >= 15 is 0 Å². The van der Waals surface area contributed by atoms with Gasteiger partial charge in [-0.2, -0.15) is 0 Å². The summed E-state index contributed by atoms with van der Waals surface area (Å²) in [4.78, 5) is 11.9. The Morgan fingerprint density at radius 2 is 2.05 bits per heavy atom. The molecule has 20 heavy (non-hydrogen) atoms. The molecule has 0 radical (unpaired) electrons. The summed E-state index contributed by atoms with van der Waals surface area (Å²) in [5.74, 6) is 0.250. The summed E-state index contributed by atoms with van der Waals surface area (Å²) in [6.07, 6.45) is 4.02. The van der Waals surface area contributed by atoms with E-state index in [1.807, 2.05) is 31.2 Å². The van der Waals surface area contributed by atoms with Crippen LogP contribution in [-0.4, -0.2) is 30.2 Å². The van der Waals surface area contributed by atoms with Crippen molar-refractivity contribution in [3.63, 3.8) is 0 Å². The summed E-state index contributed by atoms with van der Waals surface area (Å²) in [6, 6.07) is 7.74. The minimum absolute atomic E-state index is 0.0374. The van der Waals surface area contributed by atoms with Crippen LogP contribution in [-0.2, 0) is 4.79 Å². The minimum atomic E-state index is -0.212. The number of aliphatic hydroxyl groups is 1. The number of nitrogens with one attached hydrogen (secondary N) is 2. The Bertz CT molecular complexity index is 448. The first-order chi connectivity index (χ1) is 9.66. The molecule has 0 spiro atoms. The fourth-order valence-corrected chi connectivity index (χ4v) is 2.70. The van der Waals surface area contributed by atoms with Gasteiger partial charge in [-0.15, -0.1) is 0 Å². The first-order valence-corrected chi connectivity index (χ1v) is 7.41. The molecule has 0 saturated heterocycles. The van der Waals surface area contributed by atoms with Gasteiger partial charge in [-0.25, -0.2) is 0 Å². The van der Waals surface area contributed by atoms with Crippen molar-refractivity contribution in [3.05, 3.63) is 29.8 Å². The van der Waals surface area contributed by atoms with E-state index in [1.54, 1.807) is 0 Å². The number of carbonyl (C=O) groups excluding carboxylic acids is 1. The molecule has 0 aliphatic heterocycles. The third kappa shape index (κ3) is 4.32. The van der Waals surface area contributed by atoms with Gasteiger partial charge in [0.15, 0.2) is 0 Å². The quantitative estimate of drug-likeness (QED) is 0.771. The maximum Gasteiger partial charge on any atom is 0.238 e. The fraction of sp³-hybridized carbons (Fsp3) is 0.562. The lowest BCUT2D eigenvalue weighted by Crippen LogP contribution is -2.37. The lowest BCUT2D eigenvalue weighted by atomic mass is 9.86. The number of hydrogen-bond acceptors (Lipinski definition) is 3. The number of hydrogen-bond donors (Lipinski definition) is 3. The number of aliphatic hydroxyl groups excluding tert-OH is 1. The number of rotatable bonds is 5. The van der Waals surface area contributed by atoms with Crippen molar-refractivity contribution in [2.45, 2.75) is 38.7 Å². The molecule has 1 aliphatic rings. The van der Waals surface area contributed by atoms with Gasteiger partial charge in [0.05, 0.1) is 12.6 Å². The molecule has 1 fully saturated rings. The predicted octanol–water partition coefficient (Wildman–Crippen LogP) is 2.07. The van der Waals surface area contributed by atoms with Gasteiger partial charge in [-0.3, -0.25) is 4.79 Å². The van der Waals surface area contributed by atoms with Gasteiger partial charge in [0.25, 0.3) is 0 Å². The zero-order valence-corrected chi connectivity index (χ0v) is 12.1. The summed E-state index contributed by atoms with van der Waals surface area (Å²) in [5, 5.41) is 15.9. The van der Waals surface area contributed by atoms with Gasteiger partial charge in [-0.05, 0) is 37.3 Å². The second-order valence-electron chi connectivity index (χ2n) is 5.61. The van der Waals surface area contributed by atoms with E-state index in [0.717, 1.165) is 30.5 Å². The summed E-state index contributed by atoms with van der Waals surface area (Å²) in [5.41, 5.74) is 1.92. The lowest BCUT2D eigenvalue weighted by molar-refractivity contribution is -0.115. The maximum atomic E-state index is 11.9. The molecule has 2 rings (SSSR count). The maximum absolute atomic E-state index is 11.9. The Morgan fingerprint density at radius 3 is 2.80 bits per heavy atom. The molecule has 1 aromatic rings. The van der Waals surface area contributed by atoms with E-state index in [9.17, 15) is 9.90 Å². The number of para-hydroxylation sites is 1. The second-order valence-corrected chi connectivity index (χ2v) is 5.61. The first kappa shape index (κ1) is 15.0. The number of aryl methyl sites for hydroxylation is 1. The molecule has 1 aromatic carbocycles. The first-order valence-electron chi connectivity index (χ1n) is 7.41. The van der Waals surface area contributed by atoms with Gasteiger partial charge >= 0.3 is 0 Å². The predicted molar refractivity (Wildman–Crippen MR) is 80.6 cm³/mol. The Hall–Kier alpha value is -1.39. The highest BCUT2D eigenvalue weighted by Gasteiger charge is 2.22. The highest BCUT2D eigenvalue weighted by atomic mass is 16.3. The molecule has 0 bridgehead atoms. The average molecular weight is 276 g/mol. The van der Waals surface area contributed by atoms with Crippen LogP contribution in [0.2, 0.25) is 0 Å². The van der Waals surface area contributed by atoms with Crippen molar-refractivity contribution < 1.29 is 9.90 Å². The summed E-state index contributed by atoms with van der Waals surface area (Å²) >= 11 is 0. The molecule has 3 N–H and O–H groups in total. The van der Waals surface area contributed by atoms with Crippen LogP contribution in [0.25, 0.3) is 0 Å². The number of anilines is 1. The molecule has 4 heteroatoms. The summed E-state index contributed by atoms with van der Waals surface area (Å²) < 4.78 is 0. The van der Waals surface area contributed by atoms with Gasteiger partial charge in [0.2, 0.25) is 5.91 Å². The van der Waals surface area contributed by atoms with Crippen LogP contribution in [0.15, 0.2) is 24.3 Å². The average Bonchev–Trinajstić information content (AvgIpc) is 2.43. The number of carbonyl (C=O) groups is 1. The van der Waals surface area contributed by atoms with Crippen LogP contribution in [0.1, 0.15) is 31.2 Å². The summed E-state index contributed by atoms with van der Waals surface area (Å²) in [7, 11) is 0. The third-order valence-corrected chi connectivity index (χ3v) is 3.98. The Morgan fingerprint density at radius 1 is 1.30 bits per heavy atom. The van der Waals surface area contributed by atoms with E-state index in [-0.39, 0.29) is 24.5 Å². The van der Waals surface area contributed by atoms with E-state index in [0.29, 0.717) is 6.54 Å². The molecular weight excluding hydrogens is 252 g/mol. The van der Waals surface area contributed by atoms with Gasteiger partial charge < -0.3 is 15.7 Å². The molecule has 1 amide bonds. The standard InChI is InChI=1S/C16H24N2O2/c1-12-6-2-4-8-14(12)18-16(20)11-17-10-13-7-3-5-9-15(13)19/h2,4,6,8,13,15,17,19H,3,5,7,9-11H2,1H3,(H,18,20). The van der Waals surface area contributed by atoms with E-state index < -0.39 is 0 Å². The Kier molecular flexibility index (Phi) is 5.56. The number of benzene rings is 1. The van der Waals surface area contributed by atoms with Crippen LogP contribution >= 0.6 is 0 Å². The van der Waals surface area contributed by atoms with Crippen LogP contribution in [0, 0.1) is 12.8 Å². The van der Waals surface area contributed by atoms with Crippen molar-refractivity contribution >= 4 is 11.6 Å². The third-order valence-electron chi connectivity index (χ3n) is 3.98. The van der Waals surface area contributed by atoms with Crippen molar-refractivity contribution in [3.8, 4) is 0 Å². The van der Waals surface area contributed by atoms with Gasteiger partial charge in [-0.1, -0.05) is 31.0 Å². The highest BCUT2D eigenvalue weighted by Crippen LogP contribution is 2.23. The minimum Gasteiger partial charge on any atom is -0.393 e. The molecular formula is C16H24N2O2. The molecule has 4 nitrogen and oxygen atoms in total. The van der Waals surface area contributed by atoms with Gasteiger partial charge in [0.1, 0.15) is 0 Å². The van der Waals surface area contributed by atoms with Crippen LogP contribution < -0.4 is 10.6 Å².